The van der Waals surface area contributed by atoms with Gasteiger partial charge in [-0.25, -0.2) is 0 Å². The van der Waals surface area contributed by atoms with E-state index in [4.69, 9.17) is 5.73 Å². The van der Waals surface area contributed by atoms with Gasteiger partial charge in [-0.3, -0.25) is 0 Å². The Morgan fingerprint density at radius 3 is 2.00 bits per heavy atom. The quantitative estimate of drug-likeness (QED) is 0.601. The molecule has 11 heavy (non-hydrogen) atoms. The SMILES string of the molecule is NC1CCC(S(=O)(=O)F)CC1. The number of halogens is 1. The Bertz CT molecular complexity index is 219. The van der Waals surface area contributed by atoms with Crippen molar-refractivity contribution < 1.29 is 12.3 Å². The van der Waals surface area contributed by atoms with Gasteiger partial charge in [0.25, 0.3) is 0 Å². The molecule has 66 valence electrons. The van der Waals surface area contributed by atoms with Crippen molar-refractivity contribution in [2.45, 2.75) is 37.0 Å². The maximum absolute atomic E-state index is 12.3. The molecule has 5 heteroatoms. The van der Waals surface area contributed by atoms with E-state index in [1.807, 2.05) is 0 Å². The maximum atomic E-state index is 12.3. The lowest BCUT2D eigenvalue weighted by molar-refractivity contribution is 0.422. The lowest BCUT2D eigenvalue weighted by Gasteiger charge is -2.22. The molecule has 2 N–H and O–H groups in total. The lowest BCUT2D eigenvalue weighted by Crippen LogP contribution is -2.31. The smallest absolute Gasteiger partial charge is 0.305 e. The summed E-state index contributed by atoms with van der Waals surface area (Å²) in [5.74, 6) is 0. The van der Waals surface area contributed by atoms with E-state index in [1.165, 1.54) is 0 Å². The van der Waals surface area contributed by atoms with Crippen molar-refractivity contribution in [1.82, 2.24) is 0 Å². The van der Waals surface area contributed by atoms with Gasteiger partial charge < -0.3 is 5.73 Å². The number of nitrogens with two attached hydrogens (primary N) is 1. The van der Waals surface area contributed by atoms with Crippen molar-refractivity contribution in [2.75, 3.05) is 0 Å². The van der Waals surface area contributed by atoms with E-state index in [0.717, 1.165) is 0 Å². The third kappa shape index (κ3) is 2.41. The summed E-state index contributed by atoms with van der Waals surface area (Å²) in [7, 11) is -4.30. The zero-order chi connectivity index (χ0) is 8.48. The van der Waals surface area contributed by atoms with E-state index in [1.54, 1.807) is 0 Å². The fraction of sp³-hybridized carbons (Fsp3) is 1.00. The van der Waals surface area contributed by atoms with Crippen LogP contribution in [-0.4, -0.2) is 19.7 Å². The summed E-state index contributed by atoms with van der Waals surface area (Å²) in [6.45, 7) is 0. The molecule has 3 nitrogen and oxygen atoms in total. The van der Waals surface area contributed by atoms with E-state index in [9.17, 15) is 12.3 Å². The molecule has 0 bridgehead atoms. The molecule has 0 heterocycles. The first-order chi connectivity index (χ1) is 5.00. The highest BCUT2D eigenvalue weighted by molar-refractivity contribution is 7.87. The molecule has 0 spiro atoms. The van der Waals surface area contributed by atoms with Gasteiger partial charge in [-0.2, -0.15) is 8.42 Å². The number of hydrogen-bond acceptors (Lipinski definition) is 3. The molecule has 0 aromatic heterocycles. The molecule has 0 aromatic carbocycles. The van der Waals surface area contributed by atoms with Crippen LogP contribution in [0.15, 0.2) is 0 Å². The van der Waals surface area contributed by atoms with Crippen molar-refractivity contribution in [2.24, 2.45) is 5.73 Å². The van der Waals surface area contributed by atoms with Gasteiger partial charge in [0.1, 0.15) is 0 Å². The first kappa shape index (κ1) is 8.93. The second kappa shape index (κ2) is 3.06. The van der Waals surface area contributed by atoms with Gasteiger partial charge >= 0.3 is 10.2 Å². The Kier molecular flexibility index (Phi) is 2.49. The molecular formula is C6H12FNO2S. The number of hydrogen-bond donors (Lipinski definition) is 1. The summed E-state index contributed by atoms with van der Waals surface area (Å²) < 4.78 is 33.1. The predicted octanol–water partition coefficient (Wildman–Crippen LogP) is 0.556. The van der Waals surface area contributed by atoms with E-state index in [-0.39, 0.29) is 6.04 Å². The Hall–Kier alpha value is -0.160. The average Bonchev–Trinajstić information content (AvgIpc) is 1.86. The summed E-state index contributed by atoms with van der Waals surface area (Å²) >= 11 is 0. The van der Waals surface area contributed by atoms with Crippen LogP contribution in [0.5, 0.6) is 0 Å². The van der Waals surface area contributed by atoms with Gasteiger partial charge in [-0.05, 0) is 25.7 Å². The van der Waals surface area contributed by atoms with Crippen LogP contribution < -0.4 is 5.73 Å². The first-order valence-electron chi connectivity index (χ1n) is 3.69. The molecule has 0 atom stereocenters. The minimum atomic E-state index is -4.30. The van der Waals surface area contributed by atoms with Crippen molar-refractivity contribution in [3.05, 3.63) is 0 Å². The van der Waals surface area contributed by atoms with Crippen LogP contribution in [0.3, 0.4) is 0 Å². The van der Waals surface area contributed by atoms with Crippen molar-refractivity contribution in [3.8, 4) is 0 Å². The van der Waals surface area contributed by atoms with Crippen LogP contribution in [0.4, 0.5) is 3.89 Å². The van der Waals surface area contributed by atoms with E-state index < -0.39 is 15.5 Å². The van der Waals surface area contributed by atoms with Gasteiger partial charge in [0, 0.05) is 6.04 Å². The van der Waals surface area contributed by atoms with Crippen LogP contribution in [0, 0.1) is 0 Å². The largest absolute Gasteiger partial charge is 0.328 e. The maximum Gasteiger partial charge on any atom is 0.305 e. The molecule has 0 unspecified atom stereocenters. The predicted molar refractivity (Wildman–Crippen MR) is 40.3 cm³/mol. The van der Waals surface area contributed by atoms with Gasteiger partial charge in [0.2, 0.25) is 0 Å². The molecule has 0 radical (unpaired) electrons. The summed E-state index contributed by atoms with van der Waals surface area (Å²) in [5, 5.41) is -0.790. The van der Waals surface area contributed by atoms with Crippen LogP contribution in [0.2, 0.25) is 0 Å². The van der Waals surface area contributed by atoms with Crippen LogP contribution in [-0.2, 0) is 10.2 Å². The Morgan fingerprint density at radius 2 is 1.64 bits per heavy atom. The second-order valence-electron chi connectivity index (χ2n) is 3.01. The summed E-state index contributed by atoms with van der Waals surface area (Å²) in [6.07, 6.45) is 1.99. The van der Waals surface area contributed by atoms with E-state index in [2.05, 4.69) is 0 Å². The molecule has 1 rings (SSSR count). The molecule has 0 amide bonds. The highest BCUT2D eigenvalue weighted by Crippen LogP contribution is 2.23. The second-order valence-corrected chi connectivity index (χ2v) is 4.63. The lowest BCUT2D eigenvalue weighted by atomic mass is 9.96. The Labute approximate surface area is 66.0 Å². The summed E-state index contributed by atoms with van der Waals surface area (Å²) in [4.78, 5) is 0. The normalized spacial score (nSPS) is 33.6. The van der Waals surface area contributed by atoms with Crippen LogP contribution >= 0.6 is 0 Å². The zero-order valence-corrected chi connectivity index (χ0v) is 6.98. The third-order valence-corrected chi connectivity index (χ3v) is 3.38. The van der Waals surface area contributed by atoms with Crippen molar-refractivity contribution in [1.29, 1.82) is 0 Å². The van der Waals surface area contributed by atoms with Crippen LogP contribution in [0.25, 0.3) is 0 Å². The molecule has 1 aliphatic rings. The van der Waals surface area contributed by atoms with E-state index >= 15 is 0 Å². The summed E-state index contributed by atoms with van der Waals surface area (Å²) in [5.41, 5.74) is 5.52. The fourth-order valence-electron chi connectivity index (χ4n) is 1.37. The van der Waals surface area contributed by atoms with Crippen molar-refractivity contribution in [3.63, 3.8) is 0 Å². The Balaban J connectivity index is 2.53. The third-order valence-electron chi connectivity index (χ3n) is 2.12. The zero-order valence-electron chi connectivity index (χ0n) is 6.16. The van der Waals surface area contributed by atoms with Gasteiger partial charge in [0.15, 0.2) is 0 Å². The van der Waals surface area contributed by atoms with Gasteiger partial charge in [-0.1, -0.05) is 0 Å². The Morgan fingerprint density at radius 1 is 1.18 bits per heavy atom. The molecule has 1 aliphatic carbocycles. The van der Waals surface area contributed by atoms with Crippen molar-refractivity contribution >= 4 is 10.2 Å². The van der Waals surface area contributed by atoms with E-state index in [0.29, 0.717) is 25.7 Å². The molecule has 0 aliphatic heterocycles. The highest BCUT2D eigenvalue weighted by Gasteiger charge is 2.28. The first-order valence-corrected chi connectivity index (χ1v) is 5.14. The monoisotopic (exact) mass is 181 g/mol. The molecule has 1 fully saturated rings. The standard InChI is InChI=1S/C6H12FNO2S/c7-11(9,10)6-3-1-5(8)2-4-6/h5-6H,1-4,8H2. The summed E-state index contributed by atoms with van der Waals surface area (Å²) in [6, 6.07) is 0.0630. The minimum Gasteiger partial charge on any atom is -0.328 e. The molecule has 0 saturated heterocycles. The average molecular weight is 181 g/mol. The topological polar surface area (TPSA) is 60.2 Å². The number of rotatable bonds is 1. The minimum absolute atomic E-state index is 0.0630. The molecular weight excluding hydrogens is 169 g/mol. The molecule has 1 saturated carbocycles. The molecule has 0 aromatic rings. The fourth-order valence-corrected chi connectivity index (χ4v) is 2.21. The van der Waals surface area contributed by atoms with Gasteiger partial charge in [-0.15, -0.1) is 3.89 Å². The van der Waals surface area contributed by atoms with Gasteiger partial charge in [0.05, 0.1) is 5.25 Å². The highest BCUT2D eigenvalue weighted by atomic mass is 32.3. The van der Waals surface area contributed by atoms with Crippen LogP contribution in [0.1, 0.15) is 25.7 Å².